The lowest BCUT2D eigenvalue weighted by atomic mass is 9.94. The Kier molecular flexibility index (Phi) is 12.4. The number of alkyl carbamates (subject to hydrolysis) is 1. The summed E-state index contributed by atoms with van der Waals surface area (Å²) >= 11 is 0. The summed E-state index contributed by atoms with van der Waals surface area (Å²) in [5.41, 5.74) is 6.12. The van der Waals surface area contributed by atoms with E-state index in [4.69, 9.17) is 10.5 Å². The van der Waals surface area contributed by atoms with Crippen LogP contribution >= 0.6 is 0 Å². The van der Waals surface area contributed by atoms with E-state index in [1.54, 1.807) is 81.4 Å². The van der Waals surface area contributed by atoms with E-state index in [1.807, 2.05) is 0 Å². The fraction of sp³-hybridized carbons (Fsp3) is 0.469. The molecule has 0 radical (unpaired) electrons. The lowest BCUT2D eigenvalue weighted by Gasteiger charge is -2.40. The van der Waals surface area contributed by atoms with Gasteiger partial charge in [-0.05, 0) is 44.7 Å². The van der Waals surface area contributed by atoms with Gasteiger partial charge in [-0.1, -0.05) is 60.7 Å². The quantitative estimate of drug-likeness (QED) is 0.196. The lowest BCUT2D eigenvalue weighted by Crippen LogP contribution is -2.62. The second-order valence-electron chi connectivity index (χ2n) is 12.1. The average molecular weight is 626 g/mol. The second kappa shape index (κ2) is 16.0. The Morgan fingerprint density at radius 1 is 0.978 bits per heavy atom. The van der Waals surface area contributed by atoms with Gasteiger partial charge >= 0.3 is 6.09 Å². The number of amides is 5. The van der Waals surface area contributed by atoms with Gasteiger partial charge in [0, 0.05) is 18.5 Å². The number of piperidine rings is 1. The van der Waals surface area contributed by atoms with Crippen LogP contribution in [0.1, 0.15) is 51.2 Å². The van der Waals surface area contributed by atoms with Gasteiger partial charge in [0.05, 0.1) is 18.6 Å². The second-order valence-corrected chi connectivity index (χ2v) is 12.1. The number of hydrogen-bond acceptors (Lipinski definition) is 8. The molecule has 0 aromatic heterocycles. The molecule has 5 atom stereocenters. The maximum Gasteiger partial charge on any atom is 0.408 e. The number of ether oxygens (including phenoxy) is 1. The number of nitrogens with two attached hydrogens (primary N) is 1. The summed E-state index contributed by atoms with van der Waals surface area (Å²) in [5, 5.41) is 29.4. The number of primary amides is 1. The van der Waals surface area contributed by atoms with Gasteiger partial charge in [0.15, 0.2) is 6.10 Å². The van der Waals surface area contributed by atoms with Crippen LogP contribution in [0.5, 0.6) is 0 Å². The molecule has 1 heterocycles. The van der Waals surface area contributed by atoms with Gasteiger partial charge in [-0.2, -0.15) is 0 Å². The summed E-state index contributed by atoms with van der Waals surface area (Å²) in [7, 11) is 0. The fourth-order valence-corrected chi connectivity index (χ4v) is 4.96. The maximum atomic E-state index is 13.7. The highest BCUT2D eigenvalue weighted by Gasteiger charge is 2.41. The first kappa shape index (κ1) is 35.0. The van der Waals surface area contributed by atoms with E-state index in [-0.39, 0.29) is 32.4 Å². The van der Waals surface area contributed by atoms with Crippen LogP contribution in [0.15, 0.2) is 60.7 Å². The van der Waals surface area contributed by atoms with Gasteiger partial charge in [0.25, 0.3) is 5.91 Å². The van der Waals surface area contributed by atoms with E-state index in [2.05, 4.69) is 16.0 Å². The fourth-order valence-electron chi connectivity index (χ4n) is 4.96. The topological polar surface area (TPSA) is 200 Å². The molecule has 45 heavy (non-hydrogen) atoms. The highest BCUT2D eigenvalue weighted by molar-refractivity contribution is 5.93. The third-order valence-electron chi connectivity index (χ3n) is 7.15. The molecule has 2 aromatic rings. The Morgan fingerprint density at radius 3 is 2.16 bits per heavy atom. The zero-order valence-corrected chi connectivity index (χ0v) is 25.8. The number of nitrogens with one attached hydrogen (secondary N) is 3. The van der Waals surface area contributed by atoms with Crippen molar-refractivity contribution in [2.24, 2.45) is 5.73 Å². The van der Waals surface area contributed by atoms with Gasteiger partial charge in [-0.3, -0.25) is 19.2 Å². The molecule has 0 aliphatic carbocycles. The minimum absolute atomic E-state index is 0.00342. The third-order valence-corrected chi connectivity index (χ3v) is 7.15. The molecule has 0 spiro atoms. The SMILES string of the molecule is CC(C)(C)NC(=O)[C@@H]1C[C@@H](O)CCN1C(=O)C(O)C(Cc1ccccc1)NC(=O)[C@H](CC(N)=O)NC(=O)OCc1ccccc1. The van der Waals surface area contributed by atoms with Gasteiger partial charge in [0.1, 0.15) is 18.7 Å². The van der Waals surface area contributed by atoms with Crippen LogP contribution in [-0.4, -0.2) is 87.3 Å². The minimum Gasteiger partial charge on any atom is -0.445 e. The van der Waals surface area contributed by atoms with Crippen molar-refractivity contribution in [3.8, 4) is 0 Å². The van der Waals surface area contributed by atoms with E-state index >= 15 is 0 Å². The molecule has 1 fully saturated rings. The Hall–Kier alpha value is -4.49. The highest BCUT2D eigenvalue weighted by Crippen LogP contribution is 2.21. The van der Waals surface area contributed by atoms with Crippen molar-refractivity contribution in [3.63, 3.8) is 0 Å². The number of aliphatic hydroxyl groups is 2. The number of likely N-dealkylation sites (tertiary alicyclic amines) is 1. The molecular formula is C32H43N5O8. The van der Waals surface area contributed by atoms with Crippen LogP contribution in [-0.2, 0) is 36.9 Å². The largest absolute Gasteiger partial charge is 0.445 e. The summed E-state index contributed by atoms with van der Waals surface area (Å²) in [6.45, 7) is 5.26. The van der Waals surface area contributed by atoms with Crippen LogP contribution in [0.25, 0.3) is 0 Å². The van der Waals surface area contributed by atoms with E-state index in [9.17, 15) is 34.2 Å². The van der Waals surface area contributed by atoms with Gasteiger partial charge in [0.2, 0.25) is 17.7 Å². The number of hydrogen-bond donors (Lipinski definition) is 6. The molecule has 13 heteroatoms. The monoisotopic (exact) mass is 625 g/mol. The van der Waals surface area contributed by atoms with Crippen LogP contribution in [0.2, 0.25) is 0 Å². The lowest BCUT2D eigenvalue weighted by molar-refractivity contribution is -0.153. The van der Waals surface area contributed by atoms with Crippen LogP contribution < -0.4 is 21.7 Å². The van der Waals surface area contributed by atoms with Crippen molar-refractivity contribution in [2.45, 2.75) is 88.9 Å². The number of carbonyl (C=O) groups excluding carboxylic acids is 5. The molecule has 13 nitrogen and oxygen atoms in total. The molecule has 2 aromatic carbocycles. The van der Waals surface area contributed by atoms with Gasteiger partial charge in [-0.15, -0.1) is 0 Å². The van der Waals surface area contributed by atoms with E-state index in [1.165, 1.54) is 4.90 Å². The number of nitrogens with zero attached hydrogens (tertiary/aromatic N) is 1. The first-order valence-electron chi connectivity index (χ1n) is 14.8. The molecule has 7 N–H and O–H groups in total. The van der Waals surface area contributed by atoms with Crippen molar-refractivity contribution >= 4 is 29.7 Å². The van der Waals surface area contributed by atoms with Gasteiger partial charge < -0.3 is 41.5 Å². The Bertz CT molecular complexity index is 1320. The molecule has 2 unspecified atom stereocenters. The summed E-state index contributed by atoms with van der Waals surface area (Å²) in [6.07, 6.45) is -4.02. The predicted molar refractivity (Wildman–Crippen MR) is 164 cm³/mol. The maximum absolute atomic E-state index is 13.7. The Labute approximate surface area is 262 Å². The third kappa shape index (κ3) is 11.2. The van der Waals surface area contributed by atoms with Crippen LogP contribution in [0.4, 0.5) is 4.79 Å². The molecule has 0 saturated carbocycles. The molecule has 0 bridgehead atoms. The highest BCUT2D eigenvalue weighted by atomic mass is 16.5. The van der Waals surface area contributed by atoms with E-state index in [0.29, 0.717) is 11.1 Å². The predicted octanol–water partition coefficient (Wildman–Crippen LogP) is 0.512. The van der Waals surface area contributed by atoms with E-state index < -0.39 is 72.0 Å². The Balaban J connectivity index is 1.80. The normalized spacial score (nSPS) is 18.6. The zero-order chi connectivity index (χ0) is 33.1. The minimum atomic E-state index is -1.83. The van der Waals surface area contributed by atoms with Crippen molar-refractivity contribution in [2.75, 3.05) is 6.54 Å². The first-order valence-corrected chi connectivity index (χ1v) is 14.8. The van der Waals surface area contributed by atoms with Crippen molar-refractivity contribution in [1.82, 2.24) is 20.9 Å². The van der Waals surface area contributed by atoms with Crippen molar-refractivity contribution < 1.29 is 38.9 Å². The van der Waals surface area contributed by atoms with Crippen molar-refractivity contribution in [3.05, 3.63) is 71.8 Å². The smallest absolute Gasteiger partial charge is 0.408 e. The molecule has 1 aliphatic heterocycles. The molecule has 5 amide bonds. The van der Waals surface area contributed by atoms with Crippen molar-refractivity contribution in [1.29, 1.82) is 0 Å². The number of aliphatic hydroxyl groups excluding tert-OH is 2. The molecule has 1 saturated heterocycles. The first-order chi connectivity index (χ1) is 21.2. The molecule has 244 valence electrons. The number of carbonyl (C=O) groups is 5. The Morgan fingerprint density at radius 2 is 1.58 bits per heavy atom. The van der Waals surface area contributed by atoms with E-state index in [0.717, 1.165) is 0 Å². The average Bonchev–Trinajstić information content (AvgIpc) is 2.98. The summed E-state index contributed by atoms with van der Waals surface area (Å²) in [5.74, 6) is -3.06. The standard InChI is InChI=1S/C32H43N5O8/c1-32(2,3)36-29(42)25-17-22(38)14-15-37(25)30(43)27(40)23(16-20-10-6-4-7-11-20)34-28(41)24(18-26(33)39)35-31(44)45-19-21-12-8-5-9-13-21/h4-13,22-25,27,38,40H,14-19H2,1-3H3,(H2,33,39)(H,34,41)(H,35,44)(H,36,42)/t22-,23?,24-,25-,27?/m0/s1. The van der Waals surface area contributed by atoms with Crippen LogP contribution in [0.3, 0.4) is 0 Å². The molecular weight excluding hydrogens is 582 g/mol. The summed E-state index contributed by atoms with van der Waals surface area (Å²) in [6, 6.07) is 13.8. The van der Waals surface area contributed by atoms with Gasteiger partial charge in [-0.25, -0.2) is 4.79 Å². The zero-order valence-electron chi connectivity index (χ0n) is 25.8. The summed E-state index contributed by atoms with van der Waals surface area (Å²) < 4.78 is 5.18. The number of rotatable bonds is 12. The van der Waals surface area contributed by atoms with Crippen LogP contribution in [0, 0.1) is 0 Å². The summed E-state index contributed by atoms with van der Waals surface area (Å²) in [4.78, 5) is 65.8. The molecule has 1 aliphatic rings. The number of benzene rings is 2. The molecule has 3 rings (SSSR count).